The van der Waals surface area contributed by atoms with Gasteiger partial charge < -0.3 is 10.5 Å². The first-order valence-corrected chi connectivity index (χ1v) is 4.90. The number of nitrogens with one attached hydrogen (secondary N) is 1. The van der Waals surface area contributed by atoms with Gasteiger partial charge in [-0.3, -0.25) is 5.10 Å². The van der Waals surface area contributed by atoms with Gasteiger partial charge in [-0.25, -0.2) is 8.78 Å². The molecule has 0 saturated heterocycles. The number of halogens is 2. The lowest BCUT2D eigenvalue weighted by atomic mass is 10.1. The van der Waals surface area contributed by atoms with Crippen LogP contribution in [0.2, 0.25) is 0 Å². The maximum absolute atomic E-state index is 13.8. The monoisotopic (exact) mass is 239 g/mol. The zero-order chi connectivity index (χ0) is 12.4. The summed E-state index contributed by atoms with van der Waals surface area (Å²) >= 11 is 0. The minimum atomic E-state index is -0.941. The number of aromatic amines is 1. The number of hydrogen-bond acceptors (Lipinski definition) is 3. The molecule has 4 nitrogen and oxygen atoms in total. The van der Waals surface area contributed by atoms with Crippen molar-refractivity contribution in [2.24, 2.45) is 0 Å². The standard InChI is InChI=1S/C11H11F2N3O/c1-17-5-6-2-3-7(11(13)10(6)12)8-4-9(14)16-15-8/h2-4H,5H2,1H3,(H3,14,15,16). The fourth-order valence-electron chi connectivity index (χ4n) is 1.54. The normalized spacial score (nSPS) is 10.8. The van der Waals surface area contributed by atoms with E-state index in [0.717, 1.165) is 0 Å². The summed E-state index contributed by atoms with van der Waals surface area (Å²) in [4.78, 5) is 0. The number of anilines is 1. The highest BCUT2D eigenvalue weighted by Gasteiger charge is 2.15. The number of nitrogens with two attached hydrogens (primary N) is 1. The predicted molar refractivity (Wildman–Crippen MR) is 59.1 cm³/mol. The molecule has 0 spiro atoms. The van der Waals surface area contributed by atoms with Gasteiger partial charge in [0.1, 0.15) is 5.82 Å². The van der Waals surface area contributed by atoms with Crippen LogP contribution >= 0.6 is 0 Å². The van der Waals surface area contributed by atoms with Crippen molar-refractivity contribution >= 4 is 5.82 Å². The van der Waals surface area contributed by atoms with Gasteiger partial charge in [-0.15, -0.1) is 0 Å². The lowest BCUT2D eigenvalue weighted by Crippen LogP contribution is -1.98. The molecular weight excluding hydrogens is 228 g/mol. The molecule has 0 unspecified atom stereocenters. The molecule has 0 aliphatic rings. The average Bonchev–Trinajstić information content (AvgIpc) is 2.72. The van der Waals surface area contributed by atoms with Crippen molar-refractivity contribution in [3.63, 3.8) is 0 Å². The number of nitrogen functional groups attached to an aromatic ring is 1. The molecule has 0 bridgehead atoms. The van der Waals surface area contributed by atoms with Crippen molar-refractivity contribution in [2.45, 2.75) is 6.61 Å². The van der Waals surface area contributed by atoms with Gasteiger partial charge in [-0.1, -0.05) is 6.07 Å². The summed E-state index contributed by atoms with van der Waals surface area (Å²) in [7, 11) is 1.42. The summed E-state index contributed by atoms with van der Waals surface area (Å²) in [5, 5.41) is 6.19. The van der Waals surface area contributed by atoms with E-state index in [4.69, 9.17) is 10.5 Å². The van der Waals surface area contributed by atoms with Gasteiger partial charge in [0, 0.05) is 24.3 Å². The summed E-state index contributed by atoms with van der Waals surface area (Å²) in [6, 6.07) is 4.36. The third kappa shape index (κ3) is 2.12. The zero-order valence-electron chi connectivity index (χ0n) is 9.13. The largest absolute Gasteiger partial charge is 0.382 e. The number of H-pyrrole nitrogens is 1. The maximum Gasteiger partial charge on any atom is 0.168 e. The molecule has 2 rings (SSSR count). The van der Waals surface area contributed by atoms with Crippen molar-refractivity contribution in [1.82, 2.24) is 10.2 Å². The van der Waals surface area contributed by atoms with Crippen LogP contribution in [0.5, 0.6) is 0 Å². The van der Waals surface area contributed by atoms with Gasteiger partial charge in [-0.2, -0.15) is 5.10 Å². The van der Waals surface area contributed by atoms with Crippen LogP contribution in [0.4, 0.5) is 14.6 Å². The summed E-state index contributed by atoms with van der Waals surface area (Å²) in [5.74, 6) is -1.64. The molecule has 0 fully saturated rings. The van der Waals surface area contributed by atoms with Crippen LogP contribution in [0.1, 0.15) is 5.56 Å². The molecule has 0 saturated carbocycles. The van der Waals surface area contributed by atoms with Crippen LogP contribution in [0, 0.1) is 11.6 Å². The van der Waals surface area contributed by atoms with E-state index in [0.29, 0.717) is 5.69 Å². The second-order valence-electron chi connectivity index (χ2n) is 3.54. The summed E-state index contributed by atoms with van der Waals surface area (Å²) in [6.45, 7) is 0.0220. The number of hydrogen-bond donors (Lipinski definition) is 2. The lowest BCUT2D eigenvalue weighted by Gasteiger charge is -2.06. The van der Waals surface area contributed by atoms with Gasteiger partial charge in [0.2, 0.25) is 0 Å². The van der Waals surface area contributed by atoms with E-state index in [1.54, 1.807) is 0 Å². The van der Waals surface area contributed by atoms with Crippen LogP contribution in [0.25, 0.3) is 11.3 Å². The Morgan fingerprint density at radius 1 is 1.35 bits per heavy atom. The molecule has 2 aromatic rings. The van der Waals surface area contributed by atoms with Crippen LogP contribution in [0.15, 0.2) is 18.2 Å². The predicted octanol–water partition coefficient (Wildman–Crippen LogP) is 2.08. The van der Waals surface area contributed by atoms with Crippen molar-refractivity contribution < 1.29 is 13.5 Å². The molecule has 17 heavy (non-hydrogen) atoms. The topological polar surface area (TPSA) is 63.9 Å². The molecule has 1 aromatic heterocycles. The van der Waals surface area contributed by atoms with Gasteiger partial charge >= 0.3 is 0 Å². The fraction of sp³-hybridized carbons (Fsp3) is 0.182. The van der Waals surface area contributed by atoms with Gasteiger partial charge in [0.25, 0.3) is 0 Å². The Morgan fingerprint density at radius 3 is 2.71 bits per heavy atom. The van der Waals surface area contributed by atoms with E-state index in [2.05, 4.69) is 10.2 Å². The molecule has 0 radical (unpaired) electrons. The number of aromatic nitrogens is 2. The minimum absolute atomic E-state index is 0.0220. The molecule has 1 aromatic carbocycles. The third-order valence-corrected chi connectivity index (χ3v) is 2.35. The summed E-state index contributed by atoms with van der Waals surface area (Å²) in [5.41, 5.74) is 6.00. The highest BCUT2D eigenvalue weighted by molar-refractivity contribution is 5.63. The van der Waals surface area contributed by atoms with E-state index in [9.17, 15) is 8.78 Å². The molecule has 1 heterocycles. The second kappa shape index (κ2) is 4.50. The van der Waals surface area contributed by atoms with Crippen molar-refractivity contribution in [3.8, 4) is 11.3 Å². The first kappa shape index (κ1) is 11.5. The van der Waals surface area contributed by atoms with Crippen LogP contribution in [0.3, 0.4) is 0 Å². The molecule has 0 aliphatic heterocycles. The number of rotatable bonds is 3. The Hall–Kier alpha value is -1.95. The molecule has 0 amide bonds. The molecule has 3 N–H and O–H groups in total. The van der Waals surface area contributed by atoms with Gasteiger partial charge in [0.15, 0.2) is 11.6 Å². The molecular formula is C11H11F2N3O. The number of nitrogens with zero attached hydrogens (tertiary/aromatic N) is 1. The lowest BCUT2D eigenvalue weighted by molar-refractivity contribution is 0.180. The Kier molecular flexibility index (Phi) is 3.06. The summed E-state index contributed by atoms with van der Waals surface area (Å²) < 4.78 is 32.1. The third-order valence-electron chi connectivity index (χ3n) is 2.35. The van der Waals surface area contributed by atoms with E-state index in [1.165, 1.54) is 25.3 Å². The molecule has 0 atom stereocenters. The Labute approximate surface area is 96.4 Å². The van der Waals surface area contributed by atoms with E-state index in [-0.39, 0.29) is 23.6 Å². The van der Waals surface area contributed by atoms with Gasteiger partial charge in [0.05, 0.1) is 12.3 Å². The first-order chi connectivity index (χ1) is 8.13. The Bertz CT molecular complexity index is 540. The average molecular weight is 239 g/mol. The van der Waals surface area contributed by atoms with Crippen molar-refractivity contribution in [3.05, 3.63) is 35.4 Å². The summed E-state index contributed by atoms with van der Waals surface area (Å²) in [6.07, 6.45) is 0. The van der Waals surface area contributed by atoms with Crippen LogP contribution in [-0.4, -0.2) is 17.3 Å². The molecule has 6 heteroatoms. The van der Waals surface area contributed by atoms with E-state index >= 15 is 0 Å². The smallest absolute Gasteiger partial charge is 0.168 e. The fourth-order valence-corrected chi connectivity index (χ4v) is 1.54. The minimum Gasteiger partial charge on any atom is -0.382 e. The van der Waals surface area contributed by atoms with E-state index in [1.807, 2.05) is 0 Å². The number of methoxy groups -OCH3 is 1. The highest BCUT2D eigenvalue weighted by atomic mass is 19.2. The highest BCUT2D eigenvalue weighted by Crippen LogP contribution is 2.26. The quantitative estimate of drug-likeness (QED) is 0.861. The van der Waals surface area contributed by atoms with Crippen molar-refractivity contribution in [2.75, 3.05) is 12.8 Å². The maximum atomic E-state index is 13.8. The van der Waals surface area contributed by atoms with E-state index < -0.39 is 11.6 Å². The molecule has 90 valence electrons. The Balaban J connectivity index is 2.47. The molecule has 0 aliphatic carbocycles. The number of ether oxygens (including phenoxy) is 1. The van der Waals surface area contributed by atoms with Crippen LogP contribution < -0.4 is 5.73 Å². The van der Waals surface area contributed by atoms with Crippen molar-refractivity contribution in [1.29, 1.82) is 0 Å². The number of benzene rings is 1. The first-order valence-electron chi connectivity index (χ1n) is 4.90. The van der Waals surface area contributed by atoms with Gasteiger partial charge in [-0.05, 0) is 6.07 Å². The van der Waals surface area contributed by atoms with Crippen LogP contribution in [-0.2, 0) is 11.3 Å². The second-order valence-corrected chi connectivity index (χ2v) is 3.54. The zero-order valence-corrected chi connectivity index (χ0v) is 9.13. The Morgan fingerprint density at radius 2 is 2.12 bits per heavy atom. The SMILES string of the molecule is COCc1ccc(-c2cc(N)n[nH]2)c(F)c1F.